The normalized spacial score (nSPS) is 22.0. The van der Waals surface area contributed by atoms with Gasteiger partial charge in [-0.2, -0.15) is 4.31 Å². The second kappa shape index (κ2) is 9.67. The van der Waals surface area contributed by atoms with E-state index in [1.165, 1.54) is 4.31 Å². The van der Waals surface area contributed by atoms with Gasteiger partial charge in [-0.3, -0.25) is 4.79 Å². The summed E-state index contributed by atoms with van der Waals surface area (Å²) in [6.07, 6.45) is 0.669. The molecule has 0 aromatic heterocycles. The second-order valence-corrected chi connectivity index (χ2v) is 10.8. The number of aliphatic hydroxyl groups is 1. The zero-order valence-electron chi connectivity index (χ0n) is 19.1. The molecule has 1 amide bonds. The first-order chi connectivity index (χ1) is 17.0. The molecule has 2 heterocycles. The molecule has 0 bridgehead atoms. The third kappa shape index (κ3) is 4.48. The summed E-state index contributed by atoms with van der Waals surface area (Å²) < 4.78 is 27.5. The Morgan fingerprint density at radius 2 is 1.57 bits per heavy atom. The maximum absolute atomic E-state index is 13.1. The van der Waals surface area contributed by atoms with Gasteiger partial charge in [0.25, 0.3) is 0 Å². The standard InChI is InChI=1S/C28H26N2O4S/c31-20-26-28(23-16-14-22(15-17-23)11-7-10-21-8-3-1-4-9-21)25-18-29(19-27(32)30(25)26)35(33,34)24-12-5-2-6-13-24/h1-6,8-9,12-17,25-26,28,31H,10,18-20H2/t25-,26+,28+/m1/s1. The van der Waals surface area contributed by atoms with Crippen LogP contribution in [0.25, 0.3) is 0 Å². The van der Waals surface area contributed by atoms with Gasteiger partial charge in [-0.25, -0.2) is 8.42 Å². The van der Waals surface area contributed by atoms with E-state index < -0.39 is 10.0 Å². The van der Waals surface area contributed by atoms with Crippen molar-refractivity contribution in [1.82, 2.24) is 9.21 Å². The van der Waals surface area contributed by atoms with Gasteiger partial charge in [-0.1, -0.05) is 72.5 Å². The number of piperazine rings is 1. The molecule has 0 unspecified atom stereocenters. The molecule has 2 saturated heterocycles. The number of amides is 1. The number of sulfonamides is 1. The van der Waals surface area contributed by atoms with Gasteiger partial charge >= 0.3 is 0 Å². The largest absolute Gasteiger partial charge is 0.394 e. The molecule has 0 radical (unpaired) electrons. The van der Waals surface area contributed by atoms with Crippen molar-refractivity contribution in [2.75, 3.05) is 19.7 Å². The minimum Gasteiger partial charge on any atom is -0.394 e. The minimum absolute atomic E-state index is 0.149. The Hall–Kier alpha value is -3.44. The van der Waals surface area contributed by atoms with E-state index in [1.54, 1.807) is 35.2 Å². The van der Waals surface area contributed by atoms with E-state index >= 15 is 0 Å². The molecule has 0 aliphatic carbocycles. The third-order valence-electron chi connectivity index (χ3n) is 6.77. The molecule has 3 aromatic rings. The average molecular weight is 487 g/mol. The molecule has 5 rings (SSSR count). The predicted octanol–water partition coefficient (Wildman–Crippen LogP) is 2.64. The van der Waals surface area contributed by atoms with E-state index in [1.807, 2.05) is 54.6 Å². The topological polar surface area (TPSA) is 77.9 Å². The fourth-order valence-electron chi connectivity index (χ4n) is 5.03. The molecule has 0 saturated carbocycles. The number of aliphatic hydroxyl groups excluding tert-OH is 1. The van der Waals surface area contributed by atoms with Crippen LogP contribution in [0.4, 0.5) is 0 Å². The number of rotatable bonds is 5. The molecule has 35 heavy (non-hydrogen) atoms. The van der Waals surface area contributed by atoms with Gasteiger partial charge in [-0.05, 0) is 35.4 Å². The van der Waals surface area contributed by atoms with Crippen molar-refractivity contribution >= 4 is 15.9 Å². The molecule has 7 heteroatoms. The Labute approximate surface area is 205 Å². The quantitative estimate of drug-likeness (QED) is 0.563. The summed E-state index contributed by atoms with van der Waals surface area (Å²) >= 11 is 0. The van der Waals surface area contributed by atoms with Gasteiger partial charge in [0.1, 0.15) is 0 Å². The summed E-state index contributed by atoms with van der Waals surface area (Å²) in [6, 6.07) is 25.4. The Bertz CT molecular complexity index is 1360. The smallest absolute Gasteiger partial charge is 0.243 e. The van der Waals surface area contributed by atoms with Gasteiger partial charge in [0.05, 0.1) is 30.1 Å². The third-order valence-corrected chi connectivity index (χ3v) is 8.59. The van der Waals surface area contributed by atoms with E-state index in [9.17, 15) is 18.3 Å². The highest BCUT2D eigenvalue weighted by Crippen LogP contribution is 2.43. The first-order valence-corrected chi connectivity index (χ1v) is 13.0. The Morgan fingerprint density at radius 1 is 0.914 bits per heavy atom. The molecule has 3 atom stereocenters. The van der Waals surface area contributed by atoms with E-state index in [0.717, 1.165) is 16.7 Å². The molecule has 178 valence electrons. The predicted molar refractivity (Wildman–Crippen MR) is 133 cm³/mol. The first-order valence-electron chi connectivity index (χ1n) is 11.6. The monoisotopic (exact) mass is 486 g/mol. The zero-order chi connectivity index (χ0) is 24.4. The SMILES string of the molecule is O=C1CN(S(=O)(=O)c2ccccc2)C[C@@H]2[C@H](c3ccc(C#CCc4ccccc4)cc3)[C@H](CO)N12. The molecule has 0 spiro atoms. The summed E-state index contributed by atoms with van der Waals surface area (Å²) in [5.74, 6) is 5.94. The fraction of sp³-hybridized carbons (Fsp3) is 0.250. The number of benzene rings is 3. The van der Waals surface area contributed by atoms with E-state index in [2.05, 4.69) is 11.8 Å². The molecule has 1 N–H and O–H groups in total. The van der Waals surface area contributed by atoms with Crippen LogP contribution < -0.4 is 0 Å². The van der Waals surface area contributed by atoms with Crippen molar-refractivity contribution in [2.24, 2.45) is 0 Å². The summed E-state index contributed by atoms with van der Waals surface area (Å²) in [5.41, 5.74) is 3.01. The lowest BCUT2D eigenvalue weighted by atomic mass is 9.74. The Kier molecular flexibility index (Phi) is 6.44. The fourth-order valence-corrected chi connectivity index (χ4v) is 6.46. The van der Waals surface area contributed by atoms with Crippen LogP contribution in [-0.4, -0.2) is 60.4 Å². The summed E-state index contributed by atoms with van der Waals surface area (Å²) in [6.45, 7) is -0.188. The molecule has 2 aliphatic heterocycles. The molecule has 3 aromatic carbocycles. The van der Waals surface area contributed by atoms with Crippen molar-refractivity contribution in [1.29, 1.82) is 0 Å². The number of hydrogen-bond donors (Lipinski definition) is 1. The highest BCUT2D eigenvalue weighted by molar-refractivity contribution is 7.89. The molecular weight excluding hydrogens is 460 g/mol. The van der Waals surface area contributed by atoms with Gasteiger partial charge in [0, 0.05) is 24.4 Å². The van der Waals surface area contributed by atoms with Crippen molar-refractivity contribution in [3.05, 3.63) is 102 Å². The van der Waals surface area contributed by atoms with Crippen molar-refractivity contribution in [3.63, 3.8) is 0 Å². The van der Waals surface area contributed by atoms with Crippen LogP contribution in [0.15, 0.2) is 89.8 Å². The average Bonchev–Trinajstić information content (AvgIpc) is 2.87. The number of carbonyl (C=O) groups is 1. The highest BCUT2D eigenvalue weighted by Gasteiger charge is 2.55. The van der Waals surface area contributed by atoms with Crippen LogP contribution in [-0.2, 0) is 21.2 Å². The first kappa shape index (κ1) is 23.3. The maximum Gasteiger partial charge on any atom is 0.243 e. The molecule has 6 nitrogen and oxygen atoms in total. The Balaban J connectivity index is 1.34. The van der Waals surface area contributed by atoms with Gasteiger partial charge in [0.2, 0.25) is 15.9 Å². The van der Waals surface area contributed by atoms with Crippen LogP contribution in [0.3, 0.4) is 0 Å². The van der Waals surface area contributed by atoms with E-state index in [4.69, 9.17) is 0 Å². The van der Waals surface area contributed by atoms with Crippen LogP contribution in [0.1, 0.15) is 22.6 Å². The Morgan fingerprint density at radius 3 is 2.23 bits per heavy atom. The minimum atomic E-state index is -3.78. The number of fused-ring (bicyclic) bond motifs is 1. The lowest BCUT2D eigenvalue weighted by Gasteiger charge is -2.58. The van der Waals surface area contributed by atoms with Gasteiger partial charge in [0.15, 0.2) is 0 Å². The summed E-state index contributed by atoms with van der Waals surface area (Å²) in [5, 5.41) is 10.0. The van der Waals surface area contributed by atoms with Crippen molar-refractivity contribution in [3.8, 4) is 11.8 Å². The van der Waals surface area contributed by atoms with Gasteiger partial charge in [-0.15, -0.1) is 0 Å². The van der Waals surface area contributed by atoms with Crippen LogP contribution in [0.5, 0.6) is 0 Å². The maximum atomic E-state index is 13.1. The number of hydrogen-bond acceptors (Lipinski definition) is 4. The van der Waals surface area contributed by atoms with Crippen LogP contribution >= 0.6 is 0 Å². The van der Waals surface area contributed by atoms with Crippen LogP contribution in [0, 0.1) is 11.8 Å². The second-order valence-electron chi connectivity index (χ2n) is 8.84. The summed E-state index contributed by atoms with van der Waals surface area (Å²) in [4.78, 5) is 14.7. The molecule has 2 aliphatic rings. The summed E-state index contributed by atoms with van der Waals surface area (Å²) in [7, 11) is -3.78. The van der Waals surface area contributed by atoms with E-state index in [0.29, 0.717) is 6.42 Å². The highest BCUT2D eigenvalue weighted by atomic mass is 32.2. The number of carbonyl (C=O) groups excluding carboxylic acids is 1. The van der Waals surface area contributed by atoms with Gasteiger partial charge < -0.3 is 10.0 Å². The lowest BCUT2D eigenvalue weighted by Crippen LogP contribution is -2.73. The van der Waals surface area contributed by atoms with Crippen molar-refractivity contribution < 1.29 is 18.3 Å². The number of nitrogens with zero attached hydrogens (tertiary/aromatic N) is 2. The zero-order valence-corrected chi connectivity index (χ0v) is 19.9. The molecule has 2 fully saturated rings. The van der Waals surface area contributed by atoms with Crippen molar-refractivity contribution in [2.45, 2.75) is 29.3 Å². The van der Waals surface area contributed by atoms with Crippen LogP contribution in [0.2, 0.25) is 0 Å². The van der Waals surface area contributed by atoms with E-state index in [-0.39, 0.29) is 48.5 Å². The lowest BCUT2D eigenvalue weighted by molar-refractivity contribution is -0.158. The molecular formula is C28H26N2O4S.